The molecule has 1 saturated heterocycles. The second-order valence-corrected chi connectivity index (χ2v) is 9.92. The highest BCUT2D eigenvalue weighted by molar-refractivity contribution is 5.91. The van der Waals surface area contributed by atoms with Gasteiger partial charge in [0, 0.05) is 36.8 Å². The van der Waals surface area contributed by atoms with Gasteiger partial charge in [-0.05, 0) is 32.6 Å². The lowest BCUT2D eigenvalue weighted by atomic mass is 9.88. The molecule has 1 amide bonds. The number of piperidine rings is 1. The van der Waals surface area contributed by atoms with Crippen molar-refractivity contribution < 1.29 is 9.53 Å². The van der Waals surface area contributed by atoms with E-state index in [1.807, 2.05) is 19.1 Å². The molecule has 12 heteroatoms. The monoisotopic (exact) mass is 486 g/mol. The number of aromatic amines is 1. The van der Waals surface area contributed by atoms with Crippen LogP contribution in [0.15, 0.2) is 24.7 Å². The normalized spacial score (nSPS) is 25.3. The van der Waals surface area contributed by atoms with Gasteiger partial charge in [-0.15, -0.1) is 0 Å². The van der Waals surface area contributed by atoms with Gasteiger partial charge < -0.3 is 15.0 Å². The molecular formula is C24H26N10O2. The fourth-order valence-corrected chi connectivity index (χ4v) is 4.76. The molecule has 2 fully saturated rings. The lowest BCUT2D eigenvalue weighted by molar-refractivity contribution is 0.0905. The Morgan fingerprint density at radius 3 is 2.89 bits per heavy atom. The number of H-pyrrole nitrogens is 1. The number of fused-ring (bicyclic) bond motifs is 1. The molecule has 0 spiro atoms. The molecule has 1 unspecified atom stereocenters. The Balaban J connectivity index is 1.19. The van der Waals surface area contributed by atoms with E-state index in [0.717, 1.165) is 36.8 Å². The van der Waals surface area contributed by atoms with Crippen LogP contribution in [0.1, 0.15) is 54.8 Å². The van der Waals surface area contributed by atoms with Crippen LogP contribution in [0.25, 0.3) is 11.0 Å². The third-order valence-electron chi connectivity index (χ3n) is 7.20. The van der Waals surface area contributed by atoms with E-state index in [1.165, 1.54) is 6.33 Å². The van der Waals surface area contributed by atoms with Crippen LogP contribution in [0.2, 0.25) is 0 Å². The molecule has 0 radical (unpaired) electrons. The smallest absolute Gasteiger partial charge is 0.321 e. The largest absolute Gasteiger partial charge is 0.463 e. The number of rotatable bonds is 7. The van der Waals surface area contributed by atoms with Gasteiger partial charge in [0.15, 0.2) is 5.65 Å². The molecule has 184 valence electrons. The van der Waals surface area contributed by atoms with Gasteiger partial charge in [0.25, 0.3) is 5.91 Å². The third-order valence-corrected chi connectivity index (χ3v) is 7.20. The maximum atomic E-state index is 13.0. The minimum atomic E-state index is -0.395. The first-order chi connectivity index (χ1) is 17.5. The van der Waals surface area contributed by atoms with Crippen molar-refractivity contribution in [1.29, 1.82) is 5.26 Å². The summed E-state index contributed by atoms with van der Waals surface area (Å²) in [4.78, 5) is 36.7. The van der Waals surface area contributed by atoms with Crippen LogP contribution in [0.4, 0.5) is 5.95 Å². The van der Waals surface area contributed by atoms with Crippen LogP contribution < -0.4 is 15.0 Å². The van der Waals surface area contributed by atoms with Gasteiger partial charge in [0.2, 0.25) is 11.8 Å². The summed E-state index contributed by atoms with van der Waals surface area (Å²) in [5, 5.41) is 20.4. The van der Waals surface area contributed by atoms with E-state index in [0.29, 0.717) is 31.3 Å². The lowest BCUT2D eigenvalue weighted by Gasteiger charge is -2.33. The highest BCUT2D eigenvalue weighted by atomic mass is 16.5. The van der Waals surface area contributed by atoms with Crippen molar-refractivity contribution in [3.8, 4) is 12.1 Å². The minimum absolute atomic E-state index is 0.0161. The van der Waals surface area contributed by atoms with Gasteiger partial charge in [-0.25, -0.2) is 9.97 Å². The Hall–Kier alpha value is -4.14. The number of nitrogens with one attached hydrogen (secondary N) is 2. The number of amides is 1. The Bertz CT molecular complexity index is 1370. The van der Waals surface area contributed by atoms with E-state index >= 15 is 0 Å². The van der Waals surface area contributed by atoms with Crippen molar-refractivity contribution in [3.63, 3.8) is 0 Å². The van der Waals surface area contributed by atoms with E-state index in [1.54, 1.807) is 6.20 Å². The summed E-state index contributed by atoms with van der Waals surface area (Å²) in [5.74, 6) is 0.556. The van der Waals surface area contributed by atoms with Gasteiger partial charge >= 0.3 is 6.01 Å². The molecule has 36 heavy (non-hydrogen) atoms. The van der Waals surface area contributed by atoms with Crippen molar-refractivity contribution in [1.82, 2.24) is 40.4 Å². The molecule has 1 aliphatic heterocycles. The number of hydrogen-bond donors (Lipinski definition) is 2. The van der Waals surface area contributed by atoms with Crippen LogP contribution in [0.5, 0.6) is 6.01 Å². The van der Waals surface area contributed by atoms with Crippen molar-refractivity contribution in [2.75, 3.05) is 24.6 Å². The van der Waals surface area contributed by atoms with Crippen LogP contribution in [0.3, 0.4) is 0 Å². The fourth-order valence-electron chi connectivity index (χ4n) is 4.76. The average Bonchev–Trinajstić information content (AvgIpc) is 3.53. The van der Waals surface area contributed by atoms with Crippen LogP contribution in [-0.2, 0) is 0 Å². The van der Waals surface area contributed by atoms with Gasteiger partial charge in [0.1, 0.15) is 6.33 Å². The number of anilines is 1. The molecule has 6 rings (SSSR count). The molecule has 0 bridgehead atoms. The van der Waals surface area contributed by atoms with E-state index in [2.05, 4.69) is 51.4 Å². The first-order valence-electron chi connectivity index (χ1n) is 12.2. The zero-order valence-electron chi connectivity index (χ0n) is 19.9. The van der Waals surface area contributed by atoms with Crippen molar-refractivity contribution in [3.05, 3.63) is 36.2 Å². The maximum Gasteiger partial charge on any atom is 0.321 e. The number of carbonyl (C=O) groups is 1. The summed E-state index contributed by atoms with van der Waals surface area (Å²) in [6.45, 7) is 3.70. The van der Waals surface area contributed by atoms with Gasteiger partial charge in [-0.2, -0.15) is 25.3 Å². The van der Waals surface area contributed by atoms with E-state index in [-0.39, 0.29) is 35.5 Å². The van der Waals surface area contributed by atoms with Gasteiger partial charge in [0.05, 0.1) is 29.5 Å². The quantitative estimate of drug-likeness (QED) is 0.472. The summed E-state index contributed by atoms with van der Waals surface area (Å²) < 4.78 is 5.82. The average molecular weight is 487 g/mol. The fraction of sp³-hybridized carbons (Fsp3) is 0.500. The summed E-state index contributed by atoms with van der Waals surface area (Å²) in [6, 6.07) is 2.37. The van der Waals surface area contributed by atoms with Crippen LogP contribution >= 0.6 is 0 Å². The number of hydrogen-bond acceptors (Lipinski definition) is 10. The molecule has 2 aliphatic carbocycles. The predicted molar refractivity (Wildman–Crippen MR) is 128 cm³/mol. The summed E-state index contributed by atoms with van der Waals surface area (Å²) in [6.07, 6.45) is 10.5. The molecule has 3 atom stereocenters. The molecule has 2 N–H and O–H groups in total. The Morgan fingerprint density at radius 2 is 2.17 bits per heavy atom. The van der Waals surface area contributed by atoms with Crippen molar-refractivity contribution >= 4 is 22.9 Å². The Labute approximate surface area is 207 Å². The summed E-state index contributed by atoms with van der Waals surface area (Å²) in [7, 11) is 0. The van der Waals surface area contributed by atoms with E-state index in [4.69, 9.17) is 10.00 Å². The molecule has 12 nitrogen and oxygen atoms in total. The topological polar surface area (TPSA) is 158 Å². The zero-order valence-corrected chi connectivity index (χ0v) is 19.9. The van der Waals surface area contributed by atoms with Crippen molar-refractivity contribution in [2.24, 2.45) is 11.8 Å². The highest BCUT2D eigenvalue weighted by Gasteiger charge is 2.38. The number of carbonyl (C=O) groups excluding carboxylic acids is 1. The molecule has 0 aromatic carbocycles. The summed E-state index contributed by atoms with van der Waals surface area (Å²) in [5.41, 5.74) is 1.32. The van der Waals surface area contributed by atoms with E-state index in [9.17, 15) is 4.79 Å². The standard InChI is InChI=1S/C24H26N10O2/c1-24(5-2-6-24)31-21(35)20-28-22(30-23(29-20)36-12-16-9-15(16)10-25)34-7-3-14(4-8-34)18-17-11-26-13-27-19(17)33-32-18/h2,5,11,13-16H,3-4,6-9,12H2,1H3,(H,31,35)(H,26,27,32,33)/t15-,16+,24?/m0/s1. The number of nitriles is 1. The maximum absolute atomic E-state index is 13.0. The molecule has 3 aliphatic rings. The second kappa shape index (κ2) is 8.82. The third kappa shape index (κ3) is 4.32. The first kappa shape index (κ1) is 22.3. The van der Waals surface area contributed by atoms with Crippen molar-refractivity contribution in [2.45, 2.75) is 44.1 Å². The molecular weight excluding hydrogens is 460 g/mol. The number of ether oxygens (including phenoxy) is 1. The van der Waals surface area contributed by atoms with Gasteiger partial charge in [-0.3, -0.25) is 9.89 Å². The van der Waals surface area contributed by atoms with Gasteiger partial charge in [-0.1, -0.05) is 12.2 Å². The molecule has 1 saturated carbocycles. The predicted octanol–water partition coefficient (Wildman–Crippen LogP) is 1.91. The van der Waals surface area contributed by atoms with Crippen LogP contribution in [0, 0.1) is 23.2 Å². The van der Waals surface area contributed by atoms with Crippen LogP contribution in [-0.4, -0.2) is 66.3 Å². The Kier molecular flexibility index (Phi) is 5.47. The zero-order chi connectivity index (χ0) is 24.7. The molecule has 3 aromatic heterocycles. The molecule has 4 heterocycles. The Morgan fingerprint density at radius 1 is 1.33 bits per heavy atom. The molecule has 3 aromatic rings. The van der Waals surface area contributed by atoms with E-state index < -0.39 is 5.54 Å². The minimum Gasteiger partial charge on any atom is -0.463 e. The lowest BCUT2D eigenvalue weighted by Crippen LogP contribution is -2.48. The first-order valence-corrected chi connectivity index (χ1v) is 12.2. The number of aromatic nitrogens is 7. The second-order valence-electron chi connectivity index (χ2n) is 9.92. The highest BCUT2D eigenvalue weighted by Crippen LogP contribution is 2.38. The SMILES string of the molecule is CC1(NC(=O)c2nc(OC[C@H]3C[C@H]3C#N)nc(N3CCC(c4[nH]nc5ncncc45)CC3)n2)C=CC1. The summed E-state index contributed by atoms with van der Waals surface area (Å²) >= 11 is 0. The number of nitrogens with zero attached hydrogens (tertiary/aromatic N) is 8.